The molecule has 0 bridgehead atoms. The SMILES string of the molecule is C[C@H]1OCCN[C@@H]1c1nc(-c2ccc(Oc3ccc(F)cc3)nc2)no1. The highest BCUT2D eigenvalue weighted by atomic mass is 19.1. The molecule has 3 aromatic rings. The normalized spacial score (nSPS) is 20.1. The van der Waals surface area contributed by atoms with Gasteiger partial charge >= 0.3 is 0 Å². The second-order valence-electron chi connectivity index (χ2n) is 5.91. The number of ether oxygens (including phenoxy) is 2. The smallest absolute Gasteiger partial charge is 0.246 e. The number of rotatable bonds is 4. The number of nitrogens with one attached hydrogen (secondary N) is 1. The van der Waals surface area contributed by atoms with Gasteiger partial charge < -0.3 is 19.3 Å². The molecule has 0 unspecified atom stereocenters. The van der Waals surface area contributed by atoms with Gasteiger partial charge in [-0.05, 0) is 37.3 Å². The molecule has 0 radical (unpaired) electrons. The molecule has 1 aromatic carbocycles. The van der Waals surface area contributed by atoms with Crippen LogP contribution in [0.3, 0.4) is 0 Å². The second kappa shape index (κ2) is 7.19. The first-order valence-electron chi connectivity index (χ1n) is 8.27. The molecule has 0 spiro atoms. The minimum Gasteiger partial charge on any atom is -0.439 e. The second-order valence-corrected chi connectivity index (χ2v) is 5.91. The molecule has 26 heavy (non-hydrogen) atoms. The molecule has 8 heteroatoms. The molecule has 3 heterocycles. The van der Waals surface area contributed by atoms with Crippen LogP contribution in [0.15, 0.2) is 47.1 Å². The fourth-order valence-electron chi connectivity index (χ4n) is 2.68. The fraction of sp³-hybridized carbons (Fsp3) is 0.278. The highest BCUT2D eigenvalue weighted by molar-refractivity contribution is 5.53. The molecule has 2 atom stereocenters. The molecule has 1 N–H and O–H groups in total. The van der Waals surface area contributed by atoms with Crippen molar-refractivity contribution in [2.75, 3.05) is 13.2 Å². The molecule has 7 nitrogen and oxygen atoms in total. The van der Waals surface area contributed by atoms with Crippen LogP contribution in [0.1, 0.15) is 18.9 Å². The van der Waals surface area contributed by atoms with Gasteiger partial charge in [0.05, 0.1) is 12.7 Å². The first kappa shape index (κ1) is 16.6. The number of hydrogen-bond donors (Lipinski definition) is 1. The van der Waals surface area contributed by atoms with Gasteiger partial charge in [-0.15, -0.1) is 0 Å². The number of aromatic nitrogens is 3. The minimum atomic E-state index is -0.319. The standard InChI is InChI=1S/C18H17FN4O3/c1-11-16(20-8-9-24-11)18-22-17(23-26-18)12-2-7-15(21-10-12)25-14-5-3-13(19)4-6-14/h2-7,10-11,16,20H,8-9H2,1H3/t11-,16+/m1/s1. The Morgan fingerprint density at radius 1 is 1.19 bits per heavy atom. The van der Waals surface area contributed by atoms with Crippen LogP contribution in [0.2, 0.25) is 0 Å². The molecule has 1 fully saturated rings. The van der Waals surface area contributed by atoms with Crippen molar-refractivity contribution in [3.8, 4) is 23.0 Å². The van der Waals surface area contributed by atoms with Gasteiger partial charge in [0.1, 0.15) is 17.6 Å². The van der Waals surface area contributed by atoms with Crippen molar-refractivity contribution in [3.63, 3.8) is 0 Å². The van der Waals surface area contributed by atoms with Crippen molar-refractivity contribution in [1.29, 1.82) is 0 Å². The average Bonchev–Trinajstić information content (AvgIpc) is 3.14. The lowest BCUT2D eigenvalue weighted by molar-refractivity contribution is -0.00136. The van der Waals surface area contributed by atoms with Crippen molar-refractivity contribution < 1.29 is 18.4 Å². The Morgan fingerprint density at radius 3 is 2.77 bits per heavy atom. The molecule has 0 aliphatic carbocycles. The summed E-state index contributed by atoms with van der Waals surface area (Å²) in [6.07, 6.45) is 1.56. The maximum absolute atomic E-state index is 12.9. The lowest BCUT2D eigenvalue weighted by atomic mass is 10.1. The van der Waals surface area contributed by atoms with Crippen molar-refractivity contribution in [3.05, 3.63) is 54.3 Å². The quantitative estimate of drug-likeness (QED) is 0.769. The van der Waals surface area contributed by atoms with Crippen LogP contribution in [0.5, 0.6) is 11.6 Å². The molecule has 1 aliphatic heterocycles. The minimum absolute atomic E-state index is 0.0401. The molecular weight excluding hydrogens is 339 g/mol. The van der Waals surface area contributed by atoms with Gasteiger partial charge in [0, 0.05) is 24.4 Å². The summed E-state index contributed by atoms with van der Waals surface area (Å²) in [5, 5.41) is 7.32. The molecule has 1 saturated heterocycles. The zero-order valence-corrected chi connectivity index (χ0v) is 14.1. The Kier molecular flexibility index (Phi) is 4.59. The van der Waals surface area contributed by atoms with E-state index in [2.05, 4.69) is 20.4 Å². The molecule has 134 valence electrons. The third-order valence-electron chi connectivity index (χ3n) is 4.05. The highest BCUT2D eigenvalue weighted by Gasteiger charge is 2.28. The topological polar surface area (TPSA) is 82.3 Å². The van der Waals surface area contributed by atoms with E-state index in [1.807, 2.05) is 6.92 Å². The van der Waals surface area contributed by atoms with E-state index in [1.165, 1.54) is 24.3 Å². The zero-order valence-electron chi connectivity index (χ0n) is 14.1. The number of nitrogens with zero attached hydrogens (tertiary/aromatic N) is 3. The van der Waals surface area contributed by atoms with Crippen LogP contribution in [0.4, 0.5) is 4.39 Å². The van der Waals surface area contributed by atoms with Crippen LogP contribution in [-0.4, -0.2) is 34.4 Å². The van der Waals surface area contributed by atoms with Crippen LogP contribution in [0.25, 0.3) is 11.4 Å². The monoisotopic (exact) mass is 356 g/mol. The fourth-order valence-corrected chi connectivity index (χ4v) is 2.68. The summed E-state index contributed by atoms with van der Waals surface area (Å²) in [6.45, 7) is 3.37. The molecule has 0 amide bonds. The van der Waals surface area contributed by atoms with Gasteiger partial charge in [-0.25, -0.2) is 9.37 Å². The zero-order chi connectivity index (χ0) is 17.9. The predicted octanol–water partition coefficient (Wildman–Crippen LogP) is 3.11. The number of halogens is 1. The van der Waals surface area contributed by atoms with E-state index in [4.69, 9.17) is 14.0 Å². The molecule has 4 rings (SSSR count). The summed E-state index contributed by atoms with van der Waals surface area (Å²) in [7, 11) is 0. The summed E-state index contributed by atoms with van der Waals surface area (Å²) in [5.74, 6) is 1.51. The van der Waals surface area contributed by atoms with Crippen molar-refractivity contribution >= 4 is 0 Å². The Balaban J connectivity index is 1.47. The maximum Gasteiger partial charge on any atom is 0.246 e. The Bertz CT molecular complexity index is 867. The van der Waals surface area contributed by atoms with Crippen molar-refractivity contribution in [2.45, 2.75) is 19.1 Å². The van der Waals surface area contributed by atoms with Crippen LogP contribution in [-0.2, 0) is 4.74 Å². The van der Waals surface area contributed by atoms with E-state index in [1.54, 1.807) is 18.3 Å². The Labute approximate surface area is 149 Å². The Hall–Kier alpha value is -2.84. The number of hydrogen-bond acceptors (Lipinski definition) is 7. The predicted molar refractivity (Wildman–Crippen MR) is 90.2 cm³/mol. The van der Waals surface area contributed by atoms with E-state index in [-0.39, 0.29) is 18.0 Å². The number of benzene rings is 1. The van der Waals surface area contributed by atoms with E-state index in [0.29, 0.717) is 35.5 Å². The number of pyridine rings is 1. The van der Waals surface area contributed by atoms with Crippen LogP contribution in [0, 0.1) is 5.82 Å². The average molecular weight is 356 g/mol. The van der Waals surface area contributed by atoms with E-state index < -0.39 is 0 Å². The van der Waals surface area contributed by atoms with Crippen molar-refractivity contribution in [1.82, 2.24) is 20.4 Å². The van der Waals surface area contributed by atoms with E-state index >= 15 is 0 Å². The maximum atomic E-state index is 12.9. The van der Waals surface area contributed by atoms with E-state index in [0.717, 1.165) is 6.54 Å². The highest BCUT2D eigenvalue weighted by Crippen LogP contribution is 2.25. The first-order valence-corrected chi connectivity index (χ1v) is 8.27. The summed E-state index contributed by atoms with van der Waals surface area (Å²) in [6, 6.07) is 9.09. The Morgan fingerprint density at radius 2 is 2.04 bits per heavy atom. The van der Waals surface area contributed by atoms with Gasteiger partial charge in [0.2, 0.25) is 17.6 Å². The molecule has 0 saturated carbocycles. The summed E-state index contributed by atoms with van der Waals surface area (Å²) in [5.41, 5.74) is 0.704. The van der Waals surface area contributed by atoms with Gasteiger partial charge in [0.25, 0.3) is 0 Å². The van der Waals surface area contributed by atoms with Crippen LogP contribution >= 0.6 is 0 Å². The molecular formula is C18H17FN4O3. The molecule has 1 aliphatic rings. The largest absolute Gasteiger partial charge is 0.439 e. The summed E-state index contributed by atoms with van der Waals surface area (Å²) >= 11 is 0. The van der Waals surface area contributed by atoms with Gasteiger partial charge in [-0.1, -0.05) is 5.16 Å². The lowest BCUT2D eigenvalue weighted by Crippen LogP contribution is -2.40. The summed E-state index contributed by atoms with van der Waals surface area (Å²) in [4.78, 5) is 8.67. The van der Waals surface area contributed by atoms with Gasteiger partial charge in [-0.3, -0.25) is 0 Å². The van der Waals surface area contributed by atoms with Crippen molar-refractivity contribution in [2.24, 2.45) is 0 Å². The van der Waals surface area contributed by atoms with E-state index in [9.17, 15) is 4.39 Å². The van der Waals surface area contributed by atoms with Crippen LogP contribution < -0.4 is 10.1 Å². The number of morpholine rings is 1. The van der Waals surface area contributed by atoms with Gasteiger partial charge in [0.15, 0.2) is 0 Å². The first-order chi connectivity index (χ1) is 12.7. The third-order valence-corrected chi connectivity index (χ3v) is 4.05. The molecule has 2 aromatic heterocycles. The summed E-state index contributed by atoms with van der Waals surface area (Å²) < 4.78 is 29.5. The van der Waals surface area contributed by atoms with Gasteiger partial charge in [-0.2, -0.15) is 4.98 Å². The third kappa shape index (κ3) is 3.56. The lowest BCUT2D eigenvalue weighted by Gasteiger charge is -2.27.